The Morgan fingerprint density at radius 1 is 1.26 bits per heavy atom. The van der Waals surface area contributed by atoms with E-state index >= 15 is 0 Å². The first kappa shape index (κ1) is 20.7. The SMILES string of the molecule is COc1cc([N+](=O)[O-])ccc1S(=O)(=O)NCC(c1cccc(F)c1)N(C)C. The van der Waals surface area contributed by atoms with Crippen molar-refractivity contribution >= 4 is 15.7 Å². The first-order valence-corrected chi connectivity index (χ1v) is 9.38. The molecule has 2 aromatic carbocycles. The van der Waals surface area contributed by atoms with E-state index < -0.39 is 26.8 Å². The molecule has 1 N–H and O–H groups in total. The summed E-state index contributed by atoms with van der Waals surface area (Å²) in [6, 6.07) is 8.74. The second kappa shape index (κ2) is 8.42. The molecule has 0 aromatic heterocycles. The molecule has 1 atom stereocenters. The second-order valence-corrected chi connectivity index (χ2v) is 7.71. The zero-order valence-corrected chi connectivity index (χ0v) is 15.9. The third-order valence-electron chi connectivity index (χ3n) is 3.97. The standard InChI is InChI=1S/C17H20FN3O5S/c1-20(2)15(12-5-4-6-13(18)9-12)11-19-27(24,25)17-8-7-14(21(22)23)10-16(17)26-3/h4-10,15,19H,11H2,1-3H3. The van der Waals surface area contributed by atoms with Crippen molar-refractivity contribution in [3.63, 3.8) is 0 Å². The highest BCUT2D eigenvalue weighted by Gasteiger charge is 2.24. The van der Waals surface area contributed by atoms with Crippen LogP contribution in [-0.4, -0.2) is 46.0 Å². The van der Waals surface area contributed by atoms with E-state index in [1.807, 2.05) is 0 Å². The van der Waals surface area contributed by atoms with Crippen molar-refractivity contribution in [1.29, 1.82) is 0 Å². The van der Waals surface area contributed by atoms with Crippen LogP contribution in [0.4, 0.5) is 10.1 Å². The van der Waals surface area contributed by atoms with Gasteiger partial charge in [-0.15, -0.1) is 0 Å². The van der Waals surface area contributed by atoms with Gasteiger partial charge in [0.15, 0.2) is 0 Å². The number of rotatable bonds is 8. The van der Waals surface area contributed by atoms with Crippen molar-refractivity contribution in [3.8, 4) is 5.75 Å². The topological polar surface area (TPSA) is 102 Å². The van der Waals surface area contributed by atoms with Crippen LogP contribution in [-0.2, 0) is 10.0 Å². The lowest BCUT2D eigenvalue weighted by atomic mass is 10.1. The van der Waals surface area contributed by atoms with E-state index in [4.69, 9.17) is 4.74 Å². The molecule has 27 heavy (non-hydrogen) atoms. The quantitative estimate of drug-likeness (QED) is 0.542. The van der Waals surface area contributed by atoms with Gasteiger partial charge in [0.1, 0.15) is 16.5 Å². The monoisotopic (exact) mass is 397 g/mol. The van der Waals surface area contributed by atoms with Gasteiger partial charge in [0.25, 0.3) is 5.69 Å². The number of nitrogens with zero attached hydrogens (tertiary/aromatic N) is 2. The van der Waals surface area contributed by atoms with E-state index in [0.717, 1.165) is 18.2 Å². The zero-order valence-electron chi connectivity index (χ0n) is 15.0. The summed E-state index contributed by atoms with van der Waals surface area (Å²) in [5.41, 5.74) is 0.329. The molecule has 0 fully saturated rings. The zero-order chi connectivity index (χ0) is 20.2. The number of nitro benzene ring substituents is 1. The third kappa shape index (κ3) is 5.00. The number of benzene rings is 2. The minimum absolute atomic E-state index is 0.0288. The van der Waals surface area contributed by atoms with Crippen LogP contribution in [0.2, 0.25) is 0 Å². The molecule has 0 saturated carbocycles. The number of methoxy groups -OCH3 is 1. The average Bonchev–Trinajstić information content (AvgIpc) is 2.60. The van der Waals surface area contributed by atoms with Crippen molar-refractivity contribution in [2.75, 3.05) is 27.7 Å². The van der Waals surface area contributed by atoms with E-state index in [-0.39, 0.29) is 22.9 Å². The fourth-order valence-electron chi connectivity index (χ4n) is 2.57. The average molecular weight is 397 g/mol. The number of halogens is 1. The number of ether oxygens (including phenoxy) is 1. The van der Waals surface area contributed by atoms with E-state index in [1.54, 1.807) is 31.1 Å². The van der Waals surface area contributed by atoms with Crippen LogP contribution >= 0.6 is 0 Å². The predicted molar refractivity (Wildman–Crippen MR) is 97.7 cm³/mol. The fourth-order valence-corrected chi connectivity index (χ4v) is 3.76. The Hall–Kier alpha value is -2.56. The first-order chi connectivity index (χ1) is 12.7. The molecule has 2 rings (SSSR count). The van der Waals surface area contributed by atoms with Gasteiger partial charge in [-0.3, -0.25) is 10.1 Å². The van der Waals surface area contributed by atoms with Crippen LogP contribution in [0, 0.1) is 15.9 Å². The Labute approximate surface area is 156 Å². The van der Waals surface area contributed by atoms with Gasteiger partial charge in [0.05, 0.1) is 18.1 Å². The van der Waals surface area contributed by atoms with E-state index in [9.17, 15) is 22.9 Å². The van der Waals surface area contributed by atoms with Gasteiger partial charge in [-0.2, -0.15) is 0 Å². The van der Waals surface area contributed by atoms with Gasteiger partial charge >= 0.3 is 0 Å². The number of sulfonamides is 1. The maximum Gasteiger partial charge on any atom is 0.273 e. The van der Waals surface area contributed by atoms with Crippen molar-refractivity contribution in [3.05, 3.63) is 64.0 Å². The van der Waals surface area contributed by atoms with Gasteiger partial charge in [-0.1, -0.05) is 12.1 Å². The summed E-state index contributed by atoms with van der Waals surface area (Å²) >= 11 is 0. The summed E-state index contributed by atoms with van der Waals surface area (Å²) in [7, 11) is 0.712. The molecule has 8 nitrogen and oxygen atoms in total. The minimum Gasteiger partial charge on any atom is -0.495 e. The molecule has 0 aliphatic carbocycles. The largest absolute Gasteiger partial charge is 0.495 e. The Bertz CT molecular complexity index is 934. The molecule has 0 amide bonds. The third-order valence-corrected chi connectivity index (χ3v) is 5.43. The minimum atomic E-state index is -4.01. The Kier molecular flexibility index (Phi) is 6.47. The summed E-state index contributed by atoms with van der Waals surface area (Å²) in [5.74, 6) is -0.553. The van der Waals surface area contributed by atoms with Crippen LogP contribution in [0.1, 0.15) is 11.6 Å². The molecule has 0 radical (unpaired) electrons. The van der Waals surface area contributed by atoms with Gasteiger partial charge in [0.2, 0.25) is 10.0 Å². The summed E-state index contributed by atoms with van der Waals surface area (Å²) in [6.07, 6.45) is 0. The number of nitro groups is 1. The highest BCUT2D eigenvalue weighted by Crippen LogP contribution is 2.28. The number of non-ortho nitro benzene ring substituents is 1. The molecule has 2 aromatic rings. The lowest BCUT2D eigenvalue weighted by Crippen LogP contribution is -2.34. The molecule has 0 heterocycles. The number of hydrogen-bond acceptors (Lipinski definition) is 6. The Morgan fingerprint density at radius 2 is 1.96 bits per heavy atom. The van der Waals surface area contributed by atoms with Crippen molar-refractivity contribution in [1.82, 2.24) is 9.62 Å². The first-order valence-electron chi connectivity index (χ1n) is 7.89. The fraction of sp³-hybridized carbons (Fsp3) is 0.294. The molecule has 0 bridgehead atoms. The van der Waals surface area contributed by atoms with Crippen LogP contribution < -0.4 is 9.46 Å². The maximum atomic E-state index is 13.5. The number of hydrogen-bond donors (Lipinski definition) is 1. The molecule has 10 heteroatoms. The highest BCUT2D eigenvalue weighted by atomic mass is 32.2. The summed E-state index contributed by atoms with van der Waals surface area (Å²) in [4.78, 5) is 11.8. The van der Waals surface area contributed by atoms with E-state index in [1.165, 1.54) is 19.2 Å². The Balaban J connectivity index is 2.28. The summed E-state index contributed by atoms with van der Waals surface area (Å²) in [5, 5.41) is 10.9. The van der Waals surface area contributed by atoms with Gasteiger partial charge < -0.3 is 9.64 Å². The number of nitrogens with one attached hydrogen (secondary N) is 1. The normalized spacial score (nSPS) is 12.8. The van der Waals surface area contributed by atoms with E-state index in [2.05, 4.69) is 4.72 Å². The summed E-state index contributed by atoms with van der Waals surface area (Å²) in [6.45, 7) is -0.0288. The second-order valence-electron chi connectivity index (χ2n) is 5.98. The predicted octanol–water partition coefficient (Wildman–Crippen LogP) is 2.32. The van der Waals surface area contributed by atoms with Gasteiger partial charge in [0, 0.05) is 18.7 Å². The summed E-state index contributed by atoms with van der Waals surface area (Å²) < 4.78 is 46.3. The van der Waals surface area contributed by atoms with Crippen LogP contribution in [0.25, 0.3) is 0 Å². The molecule has 1 unspecified atom stereocenters. The molecule has 0 aliphatic rings. The molecule has 146 valence electrons. The van der Waals surface area contributed by atoms with Crippen LogP contribution in [0.15, 0.2) is 47.4 Å². The molecule has 0 aliphatic heterocycles. The van der Waals surface area contributed by atoms with Crippen molar-refractivity contribution in [2.24, 2.45) is 0 Å². The smallest absolute Gasteiger partial charge is 0.273 e. The Morgan fingerprint density at radius 3 is 2.52 bits per heavy atom. The lowest BCUT2D eigenvalue weighted by molar-refractivity contribution is -0.385. The van der Waals surface area contributed by atoms with E-state index in [0.29, 0.717) is 5.56 Å². The van der Waals surface area contributed by atoms with Crippen LogP contribution in [0.5, 0.6) is 5.75 Å². The van der Waals surface area contributed by atoms with Gasteiger partial charge in [-0.05, 0) is 37.9 Å². The maximum absolute atomic E-state index is 13.5. The number of likely N-dealkylation sites (N-methyl/N-ethyl adjacent to an activating group) is 1. The van der Waals surface area contributed by atoms with Crippen molar-refractivity contribution in [2.45, 2.75) is 10.9 Å². The molecular weight excluding hydrogens is 377 g/mol. The lowest BCUT2D eigenvalue weighted by Gasteiger charge is -2.25. The van der Waals surface area contributed by atoms with Crippen molar-refractivity contribution < 1.29 is 22.5 Å². The molecular formula is C17H20FN3O5S. The van der Waals surface area contributed by atoms with Gasteiger partial charge in [-0.25, -0.2) is 17.5 Å². The van der Waals surface area contributed by atoms with Crippen LogP contribution in [0.3, 0.4) is 0 Å². The molecule has 0 saturated heterocycles. The highest BCUT2D eigenvalue weighted by molar-refractivity contribution is 7.89. The molecule has 0 spiro atoms.